The summed E-state index contributed by atoms with van der Waals surface area (Å²) in [6.07, 6.45) is 93.5. The minimum absolute atomic E-state index is 0.405. The van der Waals surface area contributed by atoms with E-state index in [9.17, 15) is 18.0 Å². The van der Waals surface area contributed by atoms with Gasteiger partial charge in [-0.15, -0.1) is 0 Å². The molecule has 0 amide bonds. The molecule has 0 unspecified atom stereocenters. The molecule has 2 rings (SSSR count). The monoisotopic (exact) mass is 1460 g/mol. The third kappa shape index (κ3) is 58.0. The van der Waals surface area contributed by atoms with E-state index in [1.807, 2.05) is 0 Å². The summed E-state index contributed by atoms with van der Waals surface area (Å²) in [5.41, 5.74) is -0.810. The van der Waals surface area contributed by atoms with E-state index in [4.69, 9.17) is 10.2 Å². The number of benzene rings is 2. The molecule has 0 aliphatic carbocycles. The molecule has 0 saturated carbocycles. The number of unbranched alkanes of at least 4 members (excludes halogenated alkanes) is 56. The summed E-state index contributed by atoms with van der Waals surface area (Å²) in [6.45, 7) is 30.6. The van der Waals surface area contributed by atoms with Crippen LogP contribution < -0.4 is 0 Å². The van der Waals surface area contributed by atoms with Crippen LogP contribution in [0.1, 0.15) is 487 Å². The smallest absolute Gasteiger partial charge is 0.337 e. The Morgan fingerprint density at radius 2 is 0.350 bits per heavy atom. The molecular formula is C94H178N2O6S+2. The van der Waals surface area contributed by atoms with Crippen molar-refractivity contribution < 1.29 is 37.2 Å². The number of hydrogen-bond donors (Lipinski definition) is 2. The molecule has 103 heavy (non-hydrogen) atoms. The van der Waals surface area contributed by atoms with Crippen molar-refractivity contribution >= 4 is 21.8 Å². The average Bonchev–Trinajstić information content (AvgIpc) is 0.775. The van der Waals surface area contributed by atoms with Crippen molar-refractivity contribution in [2.45, 2.75) is 476 Å². The van der Waals surface area contributed by atoms with Gasteiger partial charge in [0.25, 0.3) is 0 Å². The number of nitrogens with zero attached hydrogens (tertiary/aromatic N) is 2. The summed E-state index contributed by atoms with van der Waals surface area (Å²) in [5.74, 6) is -2.80. The van der Waals surface area contributed by atoms with Gasteiger partial charge in [0, 0.05) is 0 Å². The SMILES string of the molecule is CCCCCCCCCC[N+](CCCCCCCCCC)(CCCCCCCCCC)CCCCCCCCCC.CCCCCCCCCC[N+](CCCCCCCCCC)(CCCCCCCCCC)CCCCCCCCCC.O=C(O)c1ccccc1S(=O)(=O)c1ccccc1C(=O)O. The van der Waals surface area contributed by atoms with Crippen LogP contribution in [0.3, 0.4) is 0 Å². The molecule has 0 saturated heterocycles. The lowest BCUT2D eigenvalue weighted by Gasteiger charge is -2.40. The summed E-state index contributed by atoms with van der Waals surface area (Å²) in [5, 5.41) is 18.1. The first-order chi connectivity index (χ1) is 50.3. The van der Waals surface area contributed by atoms with Gasteiger partial charge in [-0.05, 0) is 127 Å². The van der Waals surface area contributed by atoms with Gasteiger partial charge in [-0.1, -0.05) is 388 Å². The Kier molecular flexibility index (Phi) is 72.7. The van der Waals surface area contributed by atoms with Crippen molar-refractivity contribution in [1.29, 1.82) is 0 Å². The molecule has 0 aliphatic rings. The van der Waals surface area contributed by atoms with E-state index < -0.39 is 42.7 Å². The summed E-state index contributed by atoms with van der Waals surface area (Å²) in [4.78, 5) is 21.4. The minimum atomic E-state index is -4.25. The third-order valence-corrected chi connectivity index (χ3v) is 24.6. The van der Waals surface area contributed by atoms with Gasteiger partial charge in [0.15, 0.2) is 0 Å². The van der Waals surface area contributed by atoms with E-state index in [-0.39, 0.29) is 0 Å². The Morgan fingerprint density at radius 1 is 0.223 bits per heavy atom. The second kappa shape index (κ2) is 74.7. The molecule has 0 atom stereocenters. The summed E-state index contributed by atoms with van der Waals surface area (Å²) >= 11 is 0. The van der Waals surface area contributed by atoms with Crippen molar-refractivity contribution in [3.63, 3.8) is 0 Å². The van der Waals surface area contributed by atoms with Crippen molar-refractivity contribution in [2.24, 2.45) is 0 Å². The molecule has 2 N–H and O–H groups in total. The number of carboxylic acids is 2. The van der Waals surface area contributed by atoms with Crippen LogP contribution in [0, 0.1) is 0 Å². The molecule has 0 radical (unpaired) electrons. The molecule has 0 fully saturated rings. The van der Waals surface area contributed by atoms with E-state index >= 15 is 0 Å². The Morgan fingerprint density at radius 3 is 0.485 bits per heavy atom. The Bertz CT molecular complexity index is 1910. The summed E-state index contributed by atoms with van der Waals surface area (Å²) in [7, 11) is -4.25. The lowest BCUT2D eigenvalue weighted by atomic mass is 10.0. The third-order valence-electron chi connectivity index (χ3n) is 22.7. The fraction of sp³-hybridized carbons (Fsp3) is 0.851. The first-order valence-corrected chi connectivity index (χ1v) is 47.4. The predicted octanol–water partition coefficient (Wildman–Crippen LogP) is 30.6. The van der Waals surface area contributed by atoms with E-state index in [1.54, 1.807) is 0 Å². The van der Waals surface area contributed by atoms with Gasteiger partial charge < -0.3 is 19.2 Å². The second-order valence-electron chi connectivity index (χ2n) is 32.4. The first kappa shape index (κ1) is 100. The van der Waals surface area contributed by atoms with Crippen LogP contribution in [0.15, 0.2) is 58.3 Å². The minimum Gasteiger partial charge on any atom is -0.478 e. The number of rotatable bonds is 76. The highest BCUT2D eigenvalue weighted by molar-refractivity contribution is 7.91. The predicted molar refractivity (Wildman–Crippen MR) is 453 cm³/mol. The zero-order valence-corrected chi connectivity index (χ0v) is 71.2. The molecule has 0 aromatic heterocycles. The van der Waals surface area contributed by atoms with Crippen LogP contribution in [0.25, 0.3) is 0 Å². The van der Waals surface area contributed by atoms with E-state index in [0.29, 0.717) is 0 Å². The van der Waals surface area contributed by atoms with E-state index in [1.165, 1.54) is 497 Å². The van der Waals surface area contributed by atoms with Gasteiger partial charge in [0.05, 0.1) is 73.3 Å². The molecule has 9 heteroatoms. The lowest BCUT2D eigenvalue weighted by molar-refractivity contribution is -0.929. The molecule has 0 heterocycles. The second-order valence-corrected chi connectivity index (χ2v) is 34.3. The topological polar surface area (TPSA) is 109 Å². The van der Waals surface area contributed by atoms with Gasteiger partial charge in [0.2, 0.25) is 9.84 Å². The van der Waals surface area contributed by atoms with Gasteiger partial charge >= 0.3 is 11.9 Å². The zero-order valence-electron chi connectivity index (χ0n) is 70.4. The molecule has 0 spiro atoms. The number of hydrogen-bond acceptors (Lipinski definition) is 4. The molecule has 604 valence electrons. The largest absolute Gasteiger partial charge is 0.478 e. The maximum atomic E-state index is 12.6. The quantitative estimate of drug-likeness (QED) is 0.0504. The van der Waals surface area contributed by atoms with Crippen LogP contribution in [-0.4, -0.2) is 91.9 Å². The zero-order chi connectivity index (χ0) is 75.5. The fourth-order valence-electron chi connectivity index (χ4n) is 15.9. The molecule has 2 aromatic carbocycles. The maximum absolute atomic E-state index is 12.6. The van der Waals surface area contributed by atoms with Gasteiger partial charge in [-0.2, -0.15) is 0 Å². The standard InChI is InChI=1S/2C40H84N.C14H10O6S/c2*1-5-9-13-17-21-25-29-33-37-41(38-34-30-26-22-18-14-10-6-2,39-35-31-27-23-19-15-11-7-3)40-36-32-28-24-20-16-12-8-4;15-13(16)9-5-1-3-7-11(9)21(19,20)12-8-4-2-6-10(12)14(17)18/h2*5-40H2,1-4H3;1-8H,(H,15,16)(H,17,18)/q2*+1;. The normalized spacial score (nSPS) is 11.8. The molecule has 0 aliphatic heterocycles. The van der Waals surface area contributed by atoms with Crippen LogP contribution >= 0.6 is 0 Å². The van der Waals surface area contributed by atoms with Crippen LogP contribution in [0.2, 0.25) is 0 Å². The van der Waals surface area contributed by atoms with E-state index in [2.05, 4.69) is 55.4 Å². The molecule has 0 bridgehead atoms. The van der Waals surface area contributed by atoms with Crippen LogP contribution in [0.4, 0.5) is 0 Å². The Balaban J connectivity index is 0.00000159. The highest BCUT2D eigenvalue weighted by atomic mass is 32.2. The number of quaternary nitrogens is 2. The summed E-state index contributed by atoms with van der Waals surface area (Å²) < 4.78 is 28.1. The maximum Gasteiger partial charge on any atom is 0.337 e. The Labute approximate surface area is 643 Å². The summed E-state index contributed by atoms with van der Waals surface area (Å²) in [6, 6.07) is 10.1. The highest BCUT2D eigenvalue weighted by Gasteiger charge is 2.30. The van der Waals surface area contributed by atoms with Gasteiger partial charge in [0.1, 0.15) is 0 Å². The van der Waals surface area contributed by atoms with Gasteiger partial charge in [-0.3, -0.25) is 0 Å². The van der Waals surface area contributed by atoms with Crippen LogP contribution in [0.5, 0.6) is 0 Å². The molecule has 2 aromatic rings. The molecule has 8 nitrogen and oxygen atoms in total. The van der Waals surface area contributed by atoms with Crippen molar-refractivity contribution in [1.82, 2.24) is 0 Å². The lowest BCUT2D eigenvalue weighted by Crippen LogP contribution is -2.50. The van der Waals surface area contributed by atoms with Crippen molar-refractivity contribution in [3.05, 3.63) is 59.7 Å². The van der Waals surface area contributed by atoms with E-state index in [0.717, 1.165) is 24.3 Å². The highest BCUT2D eigenvalue weighted by Crippen LogP contribution is 2.29. The first-order valence-electron chi connectivity index (χ1n) is 45.9. The number of carbonyl (C=O) groups is 2. The van der Waals surface area contributed by atoms with Gasteiger partial charge in [-0.25, -0.2) is 18.0 Å². The fourth-order valence-corrected chi connectivity index (χ4v) is 17.5. The number of sulfone groups is 1. The van der Waals surface area contributed by atoms with Crippen LogP contribution in [-0.2, 0) is 9.84 Å². The number of carboxylic acid groups (broad SMARTS) is 2. The van der Waals surface area contributed by atoms with Crippen molar-refractivity contribution in [2.75, 3.05) is 52.4 Å². The molecular weight excluding hydrogens is 1290 g/mol. The Hall–Kier alpha value is -2.75. The van der Waals surface area contributed by atoms with Crippen molar-refractivity contribution in [3.8, 4) is 0 Å². The average molecular weight is 1460 g/mol. The number of aromatic carboxylic acids is 2.